The Bertz CT molecular complexity index is 6390. The topological polar surface area (TPSA) is 333 Å². The Morgan fingerprint density at radius 3 is 1.78 bits per heavy atom. The van der Waals surface area contributed by atoms with Gasteiger partial charge in [-0.3, -0.25) is 33.6 Å². The number of aliphatic imine (C=N–C) groups is 2. The Balaban J connectivity index is 0.471. The van der Waals surface area contributed by atoms with Crippen LogP contribution in [-0.2, 0) is 18.4 Å². The third kappa shape index (κ3) is 17.6. The molecule has 32 heteroatoms. The quantitative estimate of drug-likeness (QED) is 0.0636. The highest BCUT2D eigenvalue weighted by molar-refractivity contribution is 7.15. The molecule has 20 rings (SSSR count). The summed E-state index contributed by atoms with van der Waals surface area (Å²) in [5, 5.41) is 64.8. The maximum Gasteiger partial charge on any atom is 0.272 e. The largest absolute Gasteiger partial charge is 0.490 e. The number of halogens is 2. The second-order valence-corrected chi connectivity index (χ2v) is 39.9. The van der Waals surface area contributed by atoms with E-state index in [-0.39, 0.29) is 47.6 Å². The third-order valence-corrected chi connectivity index (χ3v) is 31.7. The zero-order chi connectivity index (χ0) is 89.9. The van der Waals surface area contributed by atoms with Crippen LogP contribution in [0.2, 0.25) is 10.0 Å². The van der Waals surface area contributed by atoms with E-state index in [2.05, 4.69) is 155 Å². The summed E-state index contributed by atoms with van der Waals surface area (Å²) >= 11 is 15.9. The van der Waals surface area contributed by atoms with Gasteiger partial charge >= 0.3 is 0 Å². The number of hydrogen-bond donors (Lipinski definition) is 2. The first-order valence-electron chi connectivity index (χ1n) is 45.9. The van der Waals surface area contributed by atoms with Crippen LogP contribution in [0.25, 0.3) is 10.0 Å². The molecule has 2 amide bonds. The van der Waals surface area contributed by atoms with Gasteiger partial charge in [-0.05, 0) is 252 Å². The van der Waals surface area contributed by atoms with Crippen LogP contribution >= 0.6 is 45.9 Å². The number of nitriles is 2. The van der Waals surface area contributed by atoms with E-state index in [1.54, 1.807) is 83.7 Å². The number of thiophene rings is 2. The lowest BCUT2D eigenvalue weighted by molar-refractivity contribution is -0.0311. The van der Waals surface area contributed by atoms with Crippen molar-refractivity contribution < 1.29 is 32.6 Å². The summed E-state index contributed by atoms with van der Waals surface area (Å²) in [6.07, 6.45) is 21.8. The van der Waals surface area contributed by atoms with Gasteiger partial charge in [0, 0.05) is 108 Å². The highest BCUT2D eigenvalue weighted by atomic mass is 35.5. The Morgan fingerprint density at radius 2 is 1.18 bits per heavy atom. The standard InChI is InChI=1S/C99H103Cl2N21O7S2/c1-56-59(4)130-96-87(56)90(65-15-25-71(26-16-65)128-77-51-99(52-77)37-42-120(43-38-99)85-36-34-81(113-115-85)93(124)107-69-21-31-73(32-22-69)127-75-28-18-67(54-103)79(101)48-75)109-98(7,97-117-111-61(6)122(96)97)58(3)94-105-55-76(129-94)49-83-57(2)88-89(108-82(50-86-104-39-46-125-86)91-116-110-60(5)121(91)95(88)131-83)64-11-9-62(10-12-64)63-13-23-70(24-14-63)118-40-8-41-119(45-44-118)84-35-33-80(112-114-84)92(123)106-68-19-29-72(30-20-68)126-74-27-17-66(53-102)78(100)47-74/h9-12,15-18,25-28,33-36,39,46-48,55,58,63,68-70,72-73,77,82H,8,13-14,19-24,29-32,37-38,40-45,49-52H2,1-7H3,(H,106,123)(H,107,124)/t58?,63?,68-,69-,70?,72-,73-,82-,98+/m1/s1. The highest BCUT2D eigenvalue weighted by Gasteiger charge is 2.49. The fourth-order valence-corrected chi connectivity index (χ4v) is 23.8. The first-order chi connectivity index (χ1) is 63.6. The summed E-state index contributed by atoms with van der Waals surface area (Å²) in [7, 11) is 0. The number of rotatable bonds is 22. The van der Waals surface area contributed by atoms with Crippen LogP contribution in [0.4, 0.5) is 11.6 Å². The average Bonchev–Trinajstić information content (AvgIpc) is 1.53. The van der Waals surface area contributed by atoms with Crippen LogP contribution in [0.1, 0.15) is 263 Å². The van der Waals surface area contributed by atoms with Crippen molar-refractivity contribution in [3.05, 3.63) is 250 Å². The van der Waals surface area contributed by atoms with E-state index < -0.39 is 17.5 Å². The Morgan fingerprint density at radius 1 is 0.595 bits per heavy atom. The number of anilines is 2. The molecule has 12 aromatic rings. The fourth-order valence-electron chi connectivity index (χ4n) is 20.8. The van der Waals surface area contributed by atoms with Gasteiger partial charge < -0.3 is 43.5 Å². The van der Waals surface area contributed by atoms with E-state index >= 15 is 0 Å². The molecule has 3 atom stereocenters. The number of carbonyl (C=O) groups excluding carboxylic acids is 2. The zero-order valence-electron chi connectivity index (χ0n) is 74.4. The van der Waals surface area contributed by atoms with Gasteiger partial charge in [0.25, 0.3) is 11.8 Å². The van der Waals surface area contributed by atoms with Crippen LogP contribution in [0.3, 0.4) is 0 Å². The van der Waals surface area contributed by atoms with Gasteiger partial charge in [-0.25, -0.2) is 9.97 Å². The van der Waals surface area contributed by atoms with E-state index in [4.69, 9.17) is 81.6 Å². The number of hydrogen-bond acceptors (Lipinski definition) is 26. The predicted octanol–water partition coefficient (Wildman–Crippen LogP) is 18.0. The summed E-state index contributed by atoms with van der Waals surface area (Å²) in [4.78, 5) is 57.6. The number of aryl methyl sites for hydroxylation is 3. The number of oxazole rings is 2. The van der Waals surface area contributed by atoms with Crippen molar-refractivity contribution in [2.24, 2.45) is 15.4 Å². The van der Waals surface area contributed by atoms with Crippen LogP contribution in [-0.4, -0.2) is 164 Å². The number of nitrogens with zero attached hydrogens (tertiary/aromatic N) is 19. The summed E-state index contributed by atoms with van der Waals surface area (Å²) in [5.41, 5.74) is 9.99. The van der Waals surface area contributed by atoms with Gasteiger partial charge in [-0.2, -0.15) is 10.5 Å². The number of benzene rings is 4. The molecule has 2 N–H and O–H groups in total. The van der Waals surface area contributed by atoms with Gasteiger partial charge in [0.15, 0.2) is 46.5 Å². The number of amides is 2. The first kappa shape index (κ1) is 87.0. The second kappa shape index (κ2) is 36.6. The molecule has 1 unspecified atom stereocenters. The first-order valence-corrected chi connectivity index (χ1v) is 48.3. The smallest absolute Gasteiger partial charge is 0.272 e. The molecular weight excluding hydrogens is 1730 g/mol. The van der Waals surface area contributed by atoms with Gasteiger partial charge in [-0.15, -0.1) is 63.5 Å². The molecule has 8 aromatic heterocycles. The molecule has 4 aromatic carbocycles. The molecule has 0 radical (unpaired) electrons. The summed E-state index contributed by atoms with van der Waals surface area (Å²) < 4.78 is 36.4. The van der Waals surface area contributed by atoms with Crippen LogP contribution in [0.5, 0.6) is 17.2 Å². The fraction of sp³-hybridized carbons (Fsp3) is 0.434. The summed E-state index contributed by atoms with van der Waals surface area (Å²) in [5.74, 6) is 8.02. The molecule has 28 nitrogen and oxygen atoms in total. The predicted molar refractivity (Wildman–Crippen MR) is 500 cm³/mol. The minimum atomic E-state index is -1.01. The van der Waals surface area contributed by atoms with Crippen molar-refractivity contribution in [2.75, 3.05) is 49.1 Å². The molecule has 4 aliphatic carbocycles. The molecule has 0 bridgehead atoms. The molecule has 131 heavy (non-hydrogen) atoms. The normalized spacial score (nSPS) is 22.2. The van der Waals surface area contributed by atoms with Gasteiger partial charge in [0.1, 0.15) is 74.6 Å². The van der Waals surface area contributed by atoms with E-state index in [1.165, 1.54) is 10.4 Å². The lowest BCUT2D eigenvalue weighted by Gasteiger charge is -2.51. The van der Waals surface area contributed by atoms with Crippen molar-refractivity contribution in [3.63, 3.8) is 0 Å². The van der Waals surface area contributed by atoms with E-state index in [9.17, 15) is 20.1 Å². The SMILES string of the molecule is Cc1sc2c(c1C)C(c1ccc(OC3CC4(CCN(c5ccc(C(=O)N[C@H]6CC[C@H](Oc7ccc(C#N)c(Cl)c7)CC6)nn5)CC4)C3)cc1)=N[C@@](C)(C(C)c1ncc(Cc3sc4c(c3C)C(c3ccc(C5CCC(N6CCCN(c7ccc(C(=O)N[C@H]8CC[C@H](Oc9ccc(C#N)c(Cl)c9)CC8)nn7)CC6)CC5)cc3)=N[C@H](Cc3ncco3)c3nnc(C)n3-4)o1)c1nnc(C)n1-2. The third-order valence-electron chi connectivity index (χ3n) is 28.6. The lowest BCUT2D eigenvalue weighted by Crippen LogP contribution is -2.51. The number of piperidine rings is 1. The number of aromatic nitrogens is 12. The molecular formula is C99H103Cl2N21O7S2. The van der Waals surface area contributed by atoms with Crippen LogP contribution < -0.4 is 34.6 Å². The molecule has 1 spiro atoms. The van der Waals surface area contributed by atoms with Crippen LogP contribution in [0, 0.1) is 62.7 Å². The Hall–Kier alpha value is -12.1. The zero-order valence-corrected chi connectivity index (χ0v) is 77.6. The highest BCUT2D eigenvalue weighted by Crippen LogP contribution is 2.53. The minimum Gasteiger partial charge on any atom is -0.490 e. The Kier molecular flexibility index (Phi) is 24.3. The molecule has 12 heterocycles. The van der Waals surface area contributed by atoms with Gasteiger partial charge in [0.05, 0.1) is 75.6 Å². The van der Waals surface area contributed by atoms with Crippen molar-refractivity contribution in [1.82, 2.24) is 75.4 Å². The maximum atomic E-state index is 13.4. The van der Waals surface area contributed by atoms with Gasteiger partial charge in [-0.1, -0.05) is 54.4 Å². The van der Waals surface area contributed by atoms with E-state index in [0.717, 1.165) is 243 Å². The van der Waals surface area contributed by atoms with Crippen molar-refractivity contribution in [2.45, 2.75) is 230 Å². The number of fused-ring (bicyclic) bond motifs is 6. The second-order valence-electron chi connectivity index (χ2n) is 36.8. The van der Waals surface area contributed by atoms with E-state index in [0.29, 0.717) is 92.2 Å². The molecule has 2 saturated heterocycles. The van der Waals surface area contributed by atoms with Crippen molar-refractivity contribution in [1.29, 1.82) is 10.5 Å². The van der Waals surface area contributed by atoms with Crippen molar-refractivity contribution >= 4 is 80.7 Å². The molecule has 4 aliphatic heterocycles. The number of ether oxygens (including phenoxy) is 3. The summed E-state index contributed by atoms with van der Waals surface area (Å²) in [6, 6.07) is 39.6. The van der Waals surface area contributed by atoms with Gasteiger partial charge in [0.2, 0.25) is 0 Å². The monoisotopic (exact) mass is 1830 g/mol. The molecule has 8 aliphatic rings. The number of nitrogens with one attached hydrogen (secondary N) is 2. The molecule has 6 fully saturated rings. The summed E-state index contributed by atoms with van der Waals surface area (Å²) in [6.45, 7) is 20.2. The van der Waals surface area contributed by atoms with Crippen molar-refractivity contribution in [3.8, 4) is 39.4 Å². The average molecular weight is 1830 g/mol. The minimum absolute atomic E-state index is 0.00165. The van der Waals surface area contributed by atoms with Crippen LogP contribution in [0.15, 0.2) is 147 Å². The maximum absolute atomic E-state index is 13.4. The molecule has 672 valence electrons. The van der Waals surface area contributed by atoms with E-state index in [1.807, 2.05) is 32.2 Å². The lowest BCUT2D eigenvalue weighted by atomic mass is 9.61. The molecule has 4 saturated carbocycles. The Labute approximate surface area is 778 Å². The number of carbonyl (C=O) groups is 2.